The van der Waals surface area contributed by atoms with Gasteiger partial charge in [0.05, 0.1) is 13.5 Å². The zero-order valence-corrected chi connectivity index (χ0v) is 15.5. The third-order valence-electron chi connectivity index (χ3n) is 3.78. The monoisotopic (exact) mass is 381 g/mol. The zero-order valence-electron chi connectivity index (χ0n) is 15.5. The summed E-state index contributed by atoms with van der Waals surface area (Å²) in [6.07, 6.45) is 0.0945. The van der Waals surface area contributed by atoms with Gasteiger partial charge in [0.2, 0.25) is 11.7 Å². The fourth-order valence-corrected chi connectivity index (χ4v) is 2.46. The molecule has 0 bridgehead atoms. The summed E-state index contributed by atoms with van der Waals surface area (Å²) < 4.78 is 15.5. The normalized spacial score (nSPS) is 10.4. The highest BCUT2D eigenvalue weighted by molar-refractivity contribution is 5.88. The Morgan fingerprint density at radius 2 is 1.93 bits per heavy atom. The number of carbonyl (C=O) groups is 2. The van der Waals surface area contributed by atoms with E-state index in [1.54, 1.807) is 37.4 Å². The molecule has 0 fully saturated rings. The van der Waals surface area contributed by atoms with Gasteiger partial charge < -0.3 is 19.3 Å². The molecule has 1 heterocycles. The molecular formula is C20H19N3O5. The van der Waals surface area contributed by atoms with Gasteiger partial charge in [0, 0.05) is 18.2 Å². The lowest BCUT2D eigenvalue weighted by Gasteiger charge is -2.05. The van der Waals surface area contributed by atoms with E-state index in [4.69, 9.17) is 14.0 Å². The number of rotatable bonds is 7. The van der Waals surface area contributed by atoms with Crippen molar-refractivity contribution in [3.63, 3.8) is 0 Å². The van der Waals surface area contributed by atoms with Crippen molar-refractivity contribution in [3.8, 4) is 17.1 Å². The fourth-order valence-electron chi connectivity index (χ4n) is 2.46. The minimum atomic E-state index is -0.423. The average molecular weight is 381 g/mol. The second-order valence-electron chi connectivity index (χ2n) is 5.96. The van der Waals surface area contributed by atoms with Gasteiger partial charge in [0.1, 0.15) is 5.75 Å². The Hall–Kier alpha value is -3.68. The van der Waals surface area contributed by atoms with Gasteiger partial charge in [0.15, 0.2) is 6.61 Å². The Morgan fingerprint density at radius 1 is 1.14 bits per heavy atom. The molecule has 0 saturated carbocycles. The van der Waals surface area contributed by atoms with Gasteiger partial charge in [-0.2, -0.15) is 4.98 Å². The number of carbonyl (C=O) groups excluding carboxylic acids is 2. The molecule has 28 heavy (non-hydrogen) atoms. The van der Waals surface area contributed by atoms with E-state index in [0.717, 1.165) is 11.1 Å². The molecule has 0 aliphatic carbocycles. The molecule has 0 atom stereocenters. The number of methoxy groups -OCH3 is 1. The number of ether oxygens (including phenoxy) is 2. The van der Waals surface area contributed by atoms with Crippen LogP contribution >= 0.6 is 0 Å². The highest BCUT2D eigenvalue weighted by atomic mass is 16.6. The summed E-state index contributed by atoms with van der Waals surface area (Å²) in [4.78, 5) is 27.2. The molecule has 1 amide bonds. The maximum atomic E-state index is 12.0. The van der Waals surface area contributed by atoms with Crippen LogP contribution in [-0.4, -0.2) is 29.1 Å². The predicted octanol–water partition coefficient (Wildman–Crippen LogP) is 2.99. The van der Waals surface area contributed by atoms with Gasteiger partial charge in [-0.1, -0.05) is 29.4 Å². The topological polar surface area (TPSA) is 104 Å². The van der Waals surface area contributed by atoms with Crippen molar-refractivity contribution in [2.24, 2.45) is 0 Å². The van der Waals surface area contributed by atoms with Crippen molar-refractivity contribution in [1.82, 2.24) is 10.1 Å². The molecule has 8 nitrogen and oxygen atoms in total. The summed E-state index contributed by atoms with van der Waals surface area (Å²) in [7, 11) is 1.58. The van der Waals surface area contributed by atoms with Crippen LogP contribution < -0.4 is 10.1 Å². The lowest BCUT2D eigenvalue weighted by molar-refractivity contribution is -0.144. The fraction of sp³-hybridized carbons (Fsp3) is 0.200. The quantitative estimate of drug-likeness (QED) is 0.628. The molecule has 144 valence electrons. The van der Waals surface area contributed by atoms with E-state index >= 15 is 0 Å². The van der Waals surface area contributed by atoms with Crippen LogP contribution in [0.25, 0.3) is 11.4 Å². The number of benzene rings is 2. The molecule has 0 unspecified atom stereocenters. The lowest BCUT2D eigenvalue weighted by Crippen LogP contribution is -2.09. The summed E-state index contributed by atoms with van der Waals surface area (Å²) in [6, 6.07) is 14.2. The van der Waals surface area contributed by atoms with Crippen LogP contribution in [0.15, 0.2) is 53.1 Å². The van der Waals surface area contributed by atoms with E-state index in [1.165, 1.54) is 6.92 Å². The zero-order chi connectivity index (χ0) is 19.9. The summed E-state index contributed by atoms with van der Waals surface area (Å²) in [6.45, 7) is 1.32. The number of esters is 1. The largest absolute Gasteiger partial charge is 0.497 e. The number of nitrogens with zero attached hydrogens (tertiary/aromatic N) is 2. The van der Waals surface area contributed by atoms with E-state index in [-0.39, 0.29) is 24.8 Å². The maximum absolute atomic E-state index is 12.0. The van der Waals surface area contributed by atoms with Gasteiger partial charge in [0.25, 0.3) is 5.89 Å². The second kappa shape index (κ2) is 8.81. The molecule has 8 heteroatoms. The molecule has 1 N–H and O–H groups in total. The standard InChI is InChI=1S/C20H19N3O5/c1-13(24)21-16-8-6-14(7-9-16)10-19(25)27-12-18-22-20(23-28-18)15-4-3-5-17(11-15)26-2/h3-9,11H,10,12H2,1-2H3,(H,21,24). The van der Waals surface area contributed by atoms with Gasteiger partial charge in [-0.15, -0.1) is 0 Å². The van der Waals surface area contributed by atoms with E-state index in [1.807, 2.05) is 18.2 Å². The van der Waals surface area contributed by atoms with Crippen LogP contribution in [0.4, 0.5) is 5.69 Å². The van der Waals surface area contributed by atoms with Crippen LogP contribution in [0.2, 0.25) is 0 Å². The number of nitrogens with one attached hydrogen (secondary N) is 1. The molecule has 3 aromatic rings. The maximum Gasteiger partial charge on any atom is 0.310 e. The van der Waals surface area contributed by atoms with Crippen molar-refractivity contribution in [3.05, 3.63) is 60.0 Å². The summed E-state index contributed by atoms with van der Waals surface area (Å²) in [5.74, 6) is 0.693. The molecule has 0 aliphatic heterocycles. The van der Waals surface area contributed by atoms with Crippen molar-refractivity contribution >= 4 is 17.6 Å². The SMILES string of the molecule is COc1cccc(-c2noc(COC(=O)Cc3ccc(NC(C)=O)cc3)n2)c1. The third-order valence-corrected chi connectivity index (χ3v) is 3.78. The first kappa shape index (κ1) is 19.1. The van der Waals surface area contributed by atoms with E-state index < -0.39 is 5.97 Å². The second-order valence-corrected chi connectivity index (χ2v) is 5.96. The molecule has 0 radical (unpaired) electrons. The molecule has 0 spiro atoms. The number of amides is 1. The third kappa shape index (κ3) is 5.16. The number of hydrogen-bond acceptors (Lipinski definition) is 7. The van der Waals surface area contributed by atoms with Crippen LogP contribution in [0.3, 0.4) is 0 Å². The number of aromatic nitrogens is 2. The molecule has 1 aromatic heterocycles. The van der Waals surface area contributed by atoms with Crippen LogP contribution in [0.5, 0.6) is 5.75 Å². The Balaban J connectivity index is 1.53. The van der Waals surface area contributed by atoms with E-state index in [2.05, 4.69) is 15.5 Å². The number of hydrogen-bond donors (Lipinski definition) is 1. The Labute approximate surface area is 161 Å². The number of anilines is 1. The van der Waals surface area contributed by atoms with Crippen LogP contribution in [0.1, 0.15) is 18.4 Å². The van der Waals surface area contributed by atoms with Gasteiger partial charge >= 0.3 is 5.97 Å². The van der Waals surface area contributed by atoms with Crippen LogP contribution in [0, 0.1) is 0 Å². The van der Waals surface area contributed by atoms with Crippen molar-refractivity contribution in [2.45, 2.75) is 20.0 Å². The Kier molecular flexibility index (Phi) is 6.01. The minimum absolute atomic E-state index is 0.0945. The Morgan fingerprint density at radius 3 is 2.64 bits per heavy atom. The average Bonchev–Trinajstić information content (AvgIpc) is 3.17. The smallest absolute Gasteiger partial charge is 0.310 e. The first-order valence-electron chi connectivity index (χ1n) is 8.52. The molecule has 0 aliphatic rings. The van der Waals surface area contributed by atoms with E-state index in [0.29, 0.717) is 17.3 Å². The Bertz CT molecular complexity index is 966. The molecule has 2 aromatic carbocycles. The van der Waals surface area contributed by atoms with Crippen molar-refractivity contribution in [2.75, 3.05) is 12.4 Å². The van der Waals surface area contributed by atoms with Gasteiger partial charge in [-0.3, -0.25) is 9.59 Å². The summed E-state index contributed by atoms with van der Waals surface area (Å²) >= 11 is 0. The summed E-state index contributed by atoms with van der Waals surface area (Å²) in [5, 5.41) is 6.55. The predicted molar refractivity (Wildman–Crippen MR) is 101 cm³/mol. The van der Waals surface area contributed by atoms with Crippen molar-refractivity contribution in [1.29, 1.82) is 0 Å². The van der Waals surface area contributed by atoms with Crippen LogP contribution in [-0.2, 0) is 27.4 Å². The molecule has 3 rings (SSSR count). The van der Waals surface area contributed by atoms with Gasteiger partial charge in [-0.25, -0.2) is 0 Å². The van der Waals surface area contributed by atoms with Gasteiger partial charge in [-0.05, 0) is 29.8 Å². The van der Waals surface area contributed by atoms with E-state index in [9.17, 15) is 9.59 Å². The molecular weight excluding hydrogens is 362 g/mol. The first-order chi connectivity index (χ1) is 13.5. The molecule has 0 saturated heterocycles. The lowest BCUT2D eigenvalue weighted by atomic mass is 10.1. The highest BCUT2D eigenvalue weighted by Crippen LogP contribution is 2.21. The first-order valence-corrected chi connectivity index (χ1v) is 8.52. The highest BCUT2D eigenvalue weighted by Gasteiger charge is 2.12. The minimum Gasteiger partial charge on any atom is -0.497 e. The summed E-state index contributed by atoms with van der Waals surface area (Å²) in [5.41, 5.74) is 2.17. The van der Waals surface area contributed by atoms with Crippen molar-refractivity contribution < 1.29 is 23.6 Å².